The third-order valence-corrected chi connectivity index (χ3v) is 10.7. The minimum absolute atomic E-state index is 0.0730. The average Bonchev–Trinajstić information content (AvgIpc) is 3.26. The number of fused-ring (bicyclic) bond motifs is 3. The highest BCUT2D eigenvalue weighted by molar-refractivity contribution is 6.10. The first-order valence-corrected chi connectivity index (χ1v) is 19.3. The molecule has 280 valence electrons. The molecular formula is C49H66FNO. The van der Waals surface area contributed by atoms with Gasteiger partial charge in [-0.25, -0.2) is 4.39 Å². The summed E-state index contributed by atoms with van der Waals surface area (Å²) in [5.74, 6) is -0.138. The smallest absolute Gasteiger partial charge is 0.147 e. The summed E-state index contributed by atoms with van der Waals surface area (Å²) >= 11 is 0. The minimum atomic E-state index is -0.302. The van der Waals surface area contributed by atoms with Crippen molar-refractivity contribution < 1.29 is 9.50 Å². The molecule has 0 aliphatic rings. The van der Waals surface area contributed by atoms with Crippen LogP contribution in [0.5, 0.6) is 5.75 Å². The zero-order valence-corrected chi connectivity index (χ0v) is 35.2. The van der Waals surface area contributed by atoms with Gasteiger partial charge in [-0.05, 0) is 123 Å². The SMILES string of the molecule is Cc1cc(F)cc(-c2cc(C(C)(C)CC(C)(C)C)cc(-n3c4cc(C(C)(C)CC(C)(C)C)ccc4c4ccc(C(C)(C)CC(C)(C)C)cc43)c2O)c1. The zero-order valence-electron chi connectivity index (χ0n) is 35.2. The fraction of sp³-hybridized carbons (Fsp3) is 0.510. The maximum absolute atomic E-state index is 15.1. The van der Waals surface area contributed by atoms with Crippen molar-refractivity contribution in [2.75, 3.05) is 0 Å². The maximum Gasteiger partial charge on any atom is 0.147 e. The van der Waals surface area contributed by atoms with E-state index in [-0.39, 0.29) is 44.1 Å². The molecule has 0 bridgehead atoms. The van der Waals surface area contributed by atoms with Crippen LogP contribution in [-0.2, 0) is 16.2 Å². The van der Waals surface area contributed by atoms with Crippen molar-refractivity contribution >= 4 is 21.8 Å². The Kier molecular flexibility index (Phi) is 9.95. The lowest BCUT2D eigenvalue weighted by Crippen LogP contribution is -2.25. The first-order chi connectivity index (χ1) is 23.6. The normalized spacial score (nSPS) is 13.8. The second kappa shape index (κ2) is 13.1. The molecule has 0 aliphatic heterocycles. The highest BCUT2D eigenvalue weighted by Gasteiger charge is 2.33. The van der Waals surface area contributed by atoms with Crippen molar-refractivity contribution in [1.29, 1.82) is 0 Å². The molecule has 0 amide bonds. The predicted molar refractivity (Wildman–Crippen MR) is 224 cm³/mol. The topological polar surface area (TPSA) is 25.2 Å². The van der Waals surface area contributed by atoms with Crippen molar-refractivity contribution in [2.24, 2.45) is 16.2 Å². The van der Waals surface area contributed by atoms with Gasteiger partial charge in [0.15, 0.2) is 0 Å². The molecule has 5 rings (SSSR count). The molecule has 1 heterocycles. The molecule has 0 aliphatic carbocycles. The molecule has 1 N–H and O–H groups in total. The molecule has 5 aromatic rings. The molecule has 0 saturated heterocycles. The number of aromatic nitrogens is 1. The number of phenols is 1. The highest BCUT2D eigenvalue weighted by Crippen LogP contribution is 2.47. The van der Waals surface area contributed by atoms with Crippen LogP contribution in [0.25, 0.3) is 38.6 Å². The fourth-order valence-corrected chi connectivity index (χ4v) is 9.70. The highest BCUT2D eigenvalue weighted by atomic mass is 19.1. The zero-order chi connectivity index (χ0) is 39.0. The van der Waals surface area contributed by atoms with Crippen LogP contribution in [-0.4, -0.2) is 9.67 Å². The van der Waals surface area contributed by atoms with Gasteiger partial charge in [0.25, 0.3) is 0 Å². The Morgan fingerprint density at radius 2 is 0.942 bits per heavy atom. The van der Waals surface area contributed by atoms with Crippen LogP contribution in [0, 0.1) is 29.0 Å². The number of halogens is 1. The molecule has 0 radical (unpaired) electrons. The van der Waals surface area contributed by atoms with Gasteiger partial charge in [-0.1, -0.05) is 134 Å². The van der Waals surface area contributed by atoms with Gasteiger partial charge in [0, 0.05) is 16.3 Å². The number of hydrogen-bond acceptors (Lipinski definition) is 1. The lowest BCUT2D eigenvalue weighted by atomic mass is 9.71. The maximum atomic E-state index is 15.1. The molecule has 0 atom stereocenters. The van der Waals surface area contributed by atoms with Crippen LogP contribution < -0.4 is 0 Å². The second-order valence-corrected chi connectivity index (χ2v) is 21.6. The van der Waals surface area contributed by atoms with E-state index >= 15 is 4.39 Å². The van der Waals surface area contributed by atoms with E-state index in [0.29, 0.717) is 11.1 Å². The minimum Gasteiger partial charge on any atom is -0.505 e. The summed E-state index contributed by atoms with van der Waals surface area (Å²) in [5, 5.41) is 14.9. The number of rotatable bonds is 8. The summed E-state index contributed by atoms with van der Waals surface area (Å²) in [4.78, 5) is 0. The molecule has 0 fully saturated rings. The Morgan fingerprint density at radius 1 is 0.519 bits per heavy atom. The van der Waals surface area contributed by atoms with E-state index in [1.165, 1.54) is 11.1 Å². The first-order valence-electron chi connectivity index (χ1n) is 19.3. The van der Waals surface area contributed by atoms with Gasteiger partial charge in [-0.3, -0.25) is 0 Å². The molecule has 0 spiro atoms. The standard InChI is InChI=1S/C49H66FNO/c1-31-21-32(23-36(50)22-31)39-24-35(49(15,16)30-46(8,9)10)27-42(43(39)52)51-40-25-33(47(11,12)28-44(2,3)4)17-19-37(40)38-20-18-34(26-41(38)51)48(13,14)29-45(5,6)7/h17-27,52H,28-30H2,1-16H3. The predicted octanol–water partition coefficient (Wildman–Crippen LogP) is 14.7. The summed E-state index contributed by atoms with van der Waals surface area (Å²) in [6, 6.07) is 23.3. The van der Waals surface area contributed by atoms with E-state index in [1.54, 1.807) is 12.1 Å². The van der Waals surface area contributed by atoms with Crippen LogP contribution >= 0.6 is 0 Å². The van der Waals surface area contributed by atoms with Crippen molar-refractivity contribution in [3.05, 3.63) is 94.8 Å². The number of aromatic hydroxyl groups is 1. The van der Waals surface area contributed by atoms with Gasteiger partial charge < -0.3 is 9.67 Å². The van der Waals surface area contributed by atoms with E-state index in [0.717, 1.165) is 57.9 Å². The molecule has 1 aromatic heterocycles. The monoisotopic (exact) mass is 704 g/mol. The Morgan fingerprint density at radius 3 is 1.35 bits per heavy atom. The number of nitrogens with zero attached hydrogens (tertiary/aromatic N) is 1. The van der Waals surface area contributed by atoms with Gasteiger partial charge in [-0.15, -0.1) is 0 Å². The summed E-state index contributed by atoms with van der Waals surface area (Å²) in [5.41, 5.74) is 8.72. The quantitative estimate of drug-likeness (QED) is 0.171. The van der Waals surface area contributed by atoms with Crippen molar-refractivity contribution in [2.45, 2.75) is 146 Å². The summed E-state index contributed by atoms with van der Waals surface area (Å²) in [6.07, 6.45) is 3.00. The molecule has 4 aromatic carbocycles. The molecule has 52 heavy (non-hydrogen) atoms. The third kappa shape index (κ3) is 8.45. The lowest BCUT2D eigenvalue weighted by Gasteiger charge is -2.34. The van der Waals surface area contributed by atoms with E-state index in [2.05, 4.69) is 157 Å². The third-order valence-electron chi connectivity index (χ3n) is 10.7. The van der Waals surface area contributed by atoms with Crippen molar-refractivity contribution in [1.82, 2.24) is 4.57 Å². The van der Waals surface area contributed by atoms with E-state index in [1.807, 2.05) is 13.0 Å². The number of hydrogen-bond donors (Lipinski definition) is 1. The Bertz CT molecular complexity index is 2010. The number of aryl methyl sites for hydroxylation is 1. The van der Waals surface area contributed by atoms with Crippen LogP contribution in [0.2, 0.25) is 0 Å². The van der Waals surface area contributed by atoms with Gasteiger partial charge in [0.05, 0.1) is 16.7 Å². The van der Waals surface area contributed by atoms with Crippen LogP contribution in [0.15, 0.2) is 66.7 Å². The van der Waals surface area contributed by atoms with Crippen molar-refractivity contribution in [3.8, 4) is 22.6 Å². The summed E-state index contributed by atoms with van der Waals surface area (Å²) in [7, 11) is 0. The Balaban J connectivity index is 1.95. The van der Waals surface area contributed by atoms with Gasteiger partial charge in [0.1, 0.15) is 11.6 Å². The second-order valence-electron chi connectivity index (χ2n) is 21.6. The number of benzene rings is 4. The van der Waals surface area contributed by atoms with E-state index < -0.39 is 0 Å². The van der Waals surface area contributed by atoms with Crippen molar-refractivity contribution in [3.63, 3.8) is 0 Å². The van der Waals surface area contributed by atoms with Crippen LogP contribution in [0.3, 0.4) is 0 Å². The average molecular weight is 704 g/mol. The Hall–Kier alpha value is -3.59. The molecule has 0 unspecified atom stereocenters. The molecule has 3 heteroatoms. The van der Waals surface area contributed by atoms with Gasteiger partial charge in [-0.2, -0.15) is 0 Å². The van der Waals surface area contributed by atoms with Crippen LogP contribution in [0.4, 0.5) is 4.39 Å². The van der Waals surface area contributed by atoms with E-state index in [4.69, 9.17) is 0 Å². The molecule has 0 saturated carbocycles. The molecule has 2 nitrogen and oxygen atoms in total. The van der Waals surface area contributed by atoms with Crippen LogP contribution in [0.1, 0.15) is 145 Å². The van der Waals surface area contributed by atoms with E-state index in [9.17, 15) is 5.11 Å². The first kappa shape index (κ1) is 39.6. The molecular weight excluding hydrogens is 638 g/mol. The van der Waals surface area contributed by atoms with Gasteiger partial charge >= 0.3 is 0 Å². The van der Waals surface area contributed by atoms with Gasteiger partial charge in [0.2, 0.25) is 0 Å². The largest absolute Gasteiger partial charge is 0.505 e. The fourth-order valence-electron chi connectivity index (χ4n) is 9.70. The summed E-state index contributed by atoms with van der Waals surface area (Å²) in [6.45, 7) is 36.6. The lowest BCUT2D eigenvalue weighted by molar-refractivity contribution is 0.283. The number of phenolic OH excluding ortho intramolecular Hbond substituents is 1. The Labute approximate surface area is 314 Å². The summed E-state index contributed by atoms with van der Waals surface area (Å²) < 4.78 is 17.4.